The molecule has 0 aliphatic carbocycles. The minimum atomic E-state index is -0.100. The highest BCUT2D eigenvalue weighted by Gasteiger charge is 2.23. The molecule has 2 aromatic heterocycles. The molecule has 21 heavy (non-hydrogen) atoms. The van der Waals surface area contributed by atoms with Crippen LogP contribution in [-0.2, 0) is 5.41 Å². The van der Waals surface area contributed by atoms with E-state index in [9.17, 15) is 0 Å². The monoisotopic (exact) mass is 278 g/mol. The molecule has 0 aliphatic heterocycles. The summed E-state index contributed by atoms with van der Waals surface area (Å²) in [5.41, 5.74) is 1.86. The van der Waals surface area contributed by atoms with Crippen LogP contribution >= 0.6 is 0 Å². The van der Waals surface area contributed by atoms with Gasteiger partial charge in [0.2, 0.25) is 0 Å². The van der Waals surface area contributed by atoms with E-state index in [1.165, 1.54) is 0 Å². The molecule has 3 aromatic rings. The van der Waals surface area contributed by atoms with Gasteiger partial charge >= 0.3 is 0 Å². The molecule has 3 rings (SSSR count). The summed E-state index contributed by atoms with van der Waals surface area (Å²) in [6, 6.07) is 14.0. The van der Waals surface area contributed by atoms with Crippen molar-refractivity contribution in [2.45, 2.75) is 26.2 Å². The maximum Gasteiger partial charge on any atom is 0.163 e. The van der Waals surface area contributed by atoms with Gasteiger partial charge in [-0.1, -0.05) is 51.1 Å². The quantitative estimate of drug-likeness (QED) is 0.719. The maximum absolute atomic E-state index is 4.75. The third kappa shape index (κ3) is 2.70. The van der Waals surface area contributed by atoms with Crippen LogP contribution in [0.3, 0.4) is 0 Å². The summed E-state index contributed by atoms with van der Waals surface area (Å²) in [4.78, 5) is 8.93. The lowest BCUT2D eigenvalue weighted by Crippen LogP contribution is -2.14. The maximum atomic E-state index is 4.75. The van der Waals surface area contributed by atoms with Crippen LogP contribution in [0.15, 0.2) is 54.9 Å². The third-order valence-electron chi connectivity index (χ3n) is 3.20. The summed E-state index contributed by atoms with van der Waals surface area (Å²) in [5.74, 6) is 1.67. The number of pyridine rings is 1. The van der Waals surface area contributed by atoms with E-state index < -0.39 is 0 Å². The number of nitrogens with zero attached hydrogens (tertiary/aromatic N) is 4. The molecular weight excluding hydrogens is 260 g/mol. The molecule has 4 heteroatoms. The number of hydrogen-bond donors (Lipinski definition) is 0. The summed E-state index contributed by atoms with van der Waals surface area (Å²) in [7, 11) is 0. The van der Waals surface area contributed by atoms with E-state index in [-0.39, 0.29) is 5.41 Å². The standard InChI is InChI=1S/C17H18N4/c1-17(2,3)16-19-15(13-8-5-4-6-9-13)21(20-16)14-10-7-11-18-12-14/h4-12H,1-3H3. The molecule has 0 N–H and O–H groups in total. The fourth-order valence-electron chi connectivity index (χ4n) is 2.06. The molecule has 1 aromatic carbocycles. The van der Waals surface area contributed by atoms with E-state index in [1.807, 2.05) is 47.1 Å². The number of rotatable bonds is 2. The van der Waals surface area contributed by atoms with E-state index in [1.54, 1.807) is 12.4 Å². The lowest BCUT2D eigenvalue weighted by Gasteiger charge is -2.12. The van der Waals surface area contributed by atoms with Crippen LogP contribution in [0.25, 0.3) is 17.1 Å². The zero-order valence-electron chi connectivity index (χ0n) is 12.5. The molecule has 0 atom stereocenters. The lowest BCUT2D eigenvalue weighted by molar-refractivity contribution is 0.543. The second-order valence-corrected chi connectivity index (χ2v) is 6.00. The Hall–Kier alpha value is -2.49. The highest BCUT2D eigenvalue weighted by molar-refractivity contribution is 5.57. The average Bonchev–Trinajstić information content (AvgIpc) is 2.94. The fraction of sp³-hybridized carbons (Fsp3) is 0.235. The predicted molar refractivity (Wildman–Crippen MR) is 83.3 cm³/mol. The molecule has 0 spiro atoms. The minimum absolute atomic E-state index is 0.100. The van der Waals surface area contributed by atoms with Gasteiger partial charge in [-0.2, -0.15) is 5.10 Å². The molecule has 0 saturated heterocycles. The summed E-state index contributed by atoms with van der Waals surface area (Å²) in [5, 5.41) is 4.69. The Morgan fingerprint density at radius 1 is 0.952 bits per heavy atom. The summed E-state index contributed by atoms with van der Waals surface area (Å²) in [6.45, 7) is 6.35. The number of benzene rings is 1. The Labute approximate surface area is 124 Å². The Morgan fingerprint density at radius 2 is 1.71 bits per heavy atom. The number of hydrogen-bond acceptors (Lipinski definition) is 3. The van der Waals surface area contributed by atoms with Crippen LogP contribution in [0, 0.1) is 0 Å². The SMILES string of the molecule is CC(C)(C)c1nc(-c2ccccc2)n(-c2cccnc2)n1. The van der Waals surface area contributed by atoms with Crippen molar-refractivity contribution in [1.29, 1.82) is 0 Å². The molecule has 0 bridgehead atoms. The molecule has 0 saturated carbocycles. The Morgan fingerprint density at radius 3 is 2.33 bits per heavy atom. The van der Waals surface area contributed by atoms with Crippen molar-refractivity contribution < 1.29 is 0 Å². The van der Waals surface area contributed by atoms with Crippen molar-refractivity contribution in [2.24, 2.45) is 0 Å². The van der Waals surface area contributed by atoms with Crippen molar-refractivity contribution in [3.05, 3.63) is 60.7 Å². The molecule has 0 amide bonds. The van der Waals surface area contributed by atoms with Gasteiger partial charge in [-0.3, -0.25) is 4.98 Å². The van der Waals surface area contributed by atoms with Gasteiger partial charge in [0.1, 0.15) is 0 Å². The Bertz CT molecular complexity index is 667. The first kappa shape index (κ1) is 13.5. The molecule has 2 heterocycles. The van der Waals surface area contributed by atoms with Gasteiger partial charge in [-0.05, 0) is 12.1 Å². The first-order valence-electron chi connectivity index (χ1n) is 6.99. The van der Waals surface area contributed by atoms with Crippen LogP contribution in [0.1, 0.15) is 26.6 Å². The van der Waals surface area contributed by atoms with Crippen molar-refractivity contribution in [3.63, 3.8) is 0 Å². The summed E-state index contributed by atoms with van der Waals surface area (Å²) < 4.78 is 1.86. The largest absolute Gasteiger partial charge is 0.262 e. The summed E-state index contributed by atoms with van der Waals surface area (Å²) >= 11 is 0. The molecule has 0 radical (unpaired) electrons. The fourth-order valence-corrected chi connectivity index (χ4v) is 2.06. The first-order valence-corrected chi connectivity index (χ1v) is 6.99. The van der Waals surface area contributed by atoms with Gasteiger partial charge in [0, 0.05) is 17.2 Å². The van der Waals surface area contributed by atoms with Crippen LogP contribution in [0.5, 0.6) is 0 Å². The van der Waals surface area contributed by atoms with Crippen molar-refractivity contribution >= 4 is 0 Å². The van der Waals surface area contributed by atoms with Crippen molar-refractivity contribution in [1.82, 2.24) is 19.7 Å². The molecule has 0 aliphatic rings. The van der Waals surface area contributed by atoms with Gasteiger partial charge in [0.25, 0.3) is 0 Å². The molecular formula is C17H18N4. The van der Waals surface area contributed by atoms with Gasteiger partial charge in [0.05, 0.1) is 11.9 Å². The predicted octanol–water partition coefficient (Wildman–Crippen LogP) is 3.63. The van der Waals surface area contributed by atoms with Crippen LogP contribution < -0.4 is 0 Å². The smallest absolute Gasteiger partial charge is 0.163 e. The zero-order chi connectivity index (χ0) is 14.9. The average molecular weight is 278 g/mol. The van der Waals surface area contributed by atoms with E-state index >= 15 is 0 Å². The van der Waals surface area contributed by atoms with Gasteiger partial charge in [-0.15, -0.1) is 0 Å². The van der Waals surface area contributed by atoms with Gasteiger partial charge in [-0.25, -0.2) is 9.67 Å². The van der Waals surface area contributed by atoms with E-state index in [4.69, 9.17) is 10.1 Å². The second-order valence-electron chi connectivity index (χ2n) is 6.00. The molecule has 106 valence electrons. The van der Waals surface area contributed by atoms with Crippen LogP contribution in [0.4, 0.5) is 0 Å². The summed E-state index contributed by atoms with van der Waals surface area (Å²) in [6.07, 6.45) is 3.56. The second kappa shape index (κ2) is 5.13. The molecule has 0 fully saturated rings. The van der Waals surface area contributed by atoms with E-state index in [0.717, 1.165) is 22.9 Å². The van der Waals surface area contributed by atoms with Crippen LogP contribution in [-0.4, -0.2) is 19.7 Å². The van der Waals surface area contributed by atoms with E-state index in [0.29, 0.717) is 0 Å². The van der Waals surface area contributed by atoms with Crippen LogP contribution in [0.2, 0.25) is 0 Å². The minimum Gasteiger partial charge on any atom is -0.262 e. The van der Waals surface area contributed by atoms with Crippen molar-refractivity contribution in [3.8, 4) is 17.1 Å². The highest BCUT2D eigenvalue weighted by atomic mass is 15.4. The van der Waals surface area contributed by atoms with Gasteiger partial charge < -0.3 is 0 Å². The highest BCUT2D eigenvalue weighted by Crippen LogP contribution is 2.25. The number of aromatic nitrogens is 4. The van der Waals surface area contributed by atoms with Crippen molar-refractivity contribution in [2.75, 3.05) is 0 Å². The Kier molecular flexibility index (Phi) is 3.29. The zero-order valence-corrected chi connectivity index (χ0v) is 12.5. The molecule has 4 nitrogen and oxygen atoms in total. The Balaban J connectivity index is 2.20. The first-order chi connectivity index (χ1) is 10.1. The van der Waals surface area contributed by atoms with Gasteiger partial charge in [0.15, 0.2) is 11.6 Å². The normalized spacial score (nSPS) is 11.6. The lowest BCUT2D eigenvalue weighted by atomic mass is 9.96. The topological polar surface area (TPSA) is 43.6 Å². The molecule has 0 unspecified atom stereocenters. The van der Waals surface area contributed by atoms with E-state index in [2.05, 4.69) is 25.8 Å². The third-order valence-corrected chi connectivity index (χ3v) is 3.20.